The zero-order valence-electron chi connectivity index (χ0n) is 19.9. The van der Waals surface area contributed by atoms with Crippen LogP contribution in [0.4, 0.5) is 5.82 Å². The fraction of sp³-hybridized carbons (Fsp3) is 0.348. The Bertz CT molecular complexity index is 1360. The molecule has 0 radical (unpaired) electrons. The van der Waals surface area contributed by atoms with Crippen LogP contribution in [0.3, 0.4) is 0 Å². The van der Waals surface area contributed by atoms with Crippen LogP contribution in [-0.4, -0.2) is 37.9 Å². The minimum absolute atomic E-state index is 0. The summed E-state index contributed by atoms with van der Waals surface area (Å²) in [7, 11) is 0. The van der Waals surface area contributed by atoms with Gasteiger partial charge >= 0.3 is 0 Å². The SMILES string of the molecule is CCn1c(CNC(=O)c2nc3cc[nH]c3nc2N)[n+](CC)c2ccc(CCCNC(=N)N)cc21.[Cl-]. The fourth-order valence-electron chi connectivity index (χ4n) is 4.30. The number of aromatic nitrogens is 5. The number of benzene rings is 1. The Morgan fingerprint density at radius 1 is 1.23 bits per heavy atom. The Hall–Kier alpha value is -3.86. The first kappa shape index (κ1) is 25.8. The molecule has 0 fully saturated rings. The van der Waals surface area contributed by atoms with Crippen molar-refractivity contribution in [1.29, 1.82) is 5.41 Å². The number of halogens is 1. The van der Waals surface area contributed by atoms with Crippen molar-refractivity contribution in [1.82, 2.24) is 30.2 Å². The van der Waals surface area contributed by atoms with E-state index in [9.17, 15) is 4.79 Å². The number of nitrogens with one attached hydrogen (secondary N) is 4. The molecule has 8 N–H and O–H groups in total. The van der Waals surface area contributed by atoms with Gasteiger partial charge in [0.2, 0.25) is 0 Å². The number of fused-ring (bicyclic) bond motifs is 2. The van der Waals surface area contributed by atoms with E-state index in [1.165, 1.54) is 5.56 Å². The van der Waals surface area contributed by atoms with E-state index in [0.29, 0.717) is 24.3 Å². The molecule has 0 aliphatic rings. The van der Waals surface area contributed by atoms with Gasteiger partial charge in [0.1, 0.15) is 12.1 Å². The third kappa shape index (κ3) is 5.29. The minimum atomic E-state index is -0.359. The Labute approximate surface area is 209 Å². The van der Waals surface area contributed by atoms with Crippen LogP contribution >= 0.6 is 0 Å². The van der Waals surface area contributed by atoms with E-state index in [0.717, 1.165) is 42.8 Å². The van der Waals surface area contributed by atoms with Gasteiger partial charge in [0.25, 0.3) is 11.7 Å². The standard InChI is InChI=1S/C23H30N10O.ClH/c1-3-32-16-8-7-14(6-5-10-28-23(25)26)12-17(16)33(4-2)18(32)13-29-22(34)19-20(24)31-21-15(30-19)9-11-27-21;/h7-9,11-12H,3-6,10,13H2,1-2H3,(H7-,24,25,26,27,28,29,30,31,34);1H. The second-order valence-corrected chi connectivity index (χ2v) is 8.02. The fourth-order valence-corrected chi connectivity index (χ4v) is 4.30. The Morgan fingerprint density at radius 2 is 2.03 bits per heavy atom. The number of nitrogen functional groups attached to an aromatic ring is 1. The Kier molecular flexibility index (Phi) is 8.13. The molecule has 11 nitrogen and oxygen atoms in total. The van der Waals surface area contributed by atoms with Crippen LogP contribution in [0.25, 0.3) is 22.2 Å². The number of nitrogens with two attached hydrogens (primary N) is 2. The van der Waals surface area contributed by atoms with Gasteiger partial charge in [-0.1, -0.05) is 6.07 Å². The summed E-state index contributed by atoms with van der Waals surface area (Å²) < 4.78 is 4.44. The molecule has 1 amide bonds. The third-order valence-corrected chi connectivity index (χ3v) is 5.87. The normalized spacial score (nSPS) is 10.9. The molecule has 0 aliphatic carbocycles. The van der Waals surface area contributed by atoms with Crippen molar-refractivity contribution in [2.75, 3.05) is 12.3 Å². The maximum absolute atomic E-state index is 12.9. The molecule has 0 spiro atoms. The van der Waals surface area contributed by atoms with E-state index in [1.807, 2.05) is 0 Å². The van der Waals surface area contributed by atoms with Crippen molar-refractivity contribution in [3.8, 4) is 0 Å². The summed E-state index contributed by atoms with van der Waals surface area (Å²) >= 11 is 0. The quantitative estimate of drug-likeness (QED) is 0.0686. The van der Waals surface area contributed by atoms with Gasteiger partial charge in [-0.05, 0) is 50.5 Å². The first-order valence-corrected chi connectivity index (χ1v) is 11.4. The van der Waals surface area contributed by atoms with E-state index < -0.39 is 0 Å². The molecule has 186 valence electrons. The van der Waals surface area contributed by atoms with Gasteiger partial charge in [0.15, 0.2) is 34.2 Å². The van der Waals surface area contributed by atoms with Gasteiger partial charge in [0.05, 0.1) is 13.1 Å². The molecule has 1 aromatic carbocycles. The van der Waals surface area contributed by atoms with Crippen LogP contribution in [0.5, 0.6) is 0 Å². The molecular weight excluding hydrogens is 468 g/mol. The Morgan fingerprint density at radius 3 is 2.74 bits per heavy atom. The number of anilines is 1. The summed E-state index contributed by atoms with van der Waals surface area (Å²) in [5.41, 5.74) is 16.1. The highest BCUT2D eigenvalue weighted by molar-refractivity contribution is 5.98. The van der Waals surface area contributed by atoms with E-state index >= 15 is 0 Å². The number of imidazole rings is 1. The number of nitrogens with zero attached hydrogens (tertiary/aromatic N) is 4. The lowest BCUT2D eigenvalue weighted by Gasteiger charge is -2.07. The highest BCUT2D eigenvalue weighted by Crippen LogP contribution is 2.19. The molecule has 0 saturated carbocycles. The zero-order valence-corrected chi connectivity index (χ0v) is 20.6. The topological polar surface area (TPSA) is 167 Å². The lowest BCUT2D eigenvalue weighted by atomic mass is 10.1. The lowest BCUT2D eigenvalue weighted by Crippen LogP contribution is -3.00. The maximum Gasteiger partial charge on any atom is 0.277 e. The number of hydrogen-bond acceptors (Lipinski definition) is 5. The number of hydrogen-bond donors (Lipinski definition) is 6. The predicted molar refractivity (Wildman–Crippen MR) is 131 cm³/mol. The second-order valence-electron chi connectivity index (χ2n) is 8.02. The number of guanidine groups is 1. The van der Waals surface area contributed by atoms with Crippen LogP contribution in [0.2, 0.25) is 0 Å². The van der Waals surface area contributed by atoms with Crippen LogP contribution in [-0.2, 0) is 26.1 Å². The van der Waals surface area contributed by atoms with Crippen LogP contribution < -0.4 is 39.1 Å². The van der Waals surface area contributed by atoms with Crippen molar-refractivity contribution >= 4 is 39.9 Å². The number of H-pyrrole nitrogens is 1. The molecular formula is C23H31ClN10O. The summed E-state index contributed by atoms with van der Waals surface area (Å²) in [6, 6.07) is 8.22. The van der Waals surface area contributed by atoms with E-state index in [-0.39, 0.29) is 35.8 Å². The first-order valence-electron chi connectivity index (χ1n) is 11.4. The molecule has 3 heterocycles. The molecule has 0 saturated heterocycles. The molecule has 12 heteroatoms. The number of rotatable bonds is 9. The summed E-state index contributed by atoms with van der Waals surface area (Å²) in [6.45, 7) is 6.72. The molecule has 35 heavy (non-hydrogen) atoms. The molecule has 4 rings (SSSR count). The van der Waals surface area contributed by atoms with Gasteiger partial charge in [-0.15, -0.1) is 0 Å². The number of aromatic amines is 1. The van der Waals surface area contributed by atoms with Gasteiger partial charge in [-0.2, -0.15) is 0 Å². The summed E-state index contributed by atoms with van der Waals surface area (Å²) in [6.07, 6.45) is 3.47. The van der Waals surface area contributed by atoms with Crippen molar-refractivity contribution < 1.29 is 21.8 Å². The molecule has 4 aromatic rings. The van der Waals surface area contributed by atoms with Gasteiger partial charge < -0.3 is 39.5 Å². The third-order valence-electron chi connectivity index (χ3n) is 5.87. The Balaban J connectivity index is 0.00000342. The molecule has 0 bridgehead atoms. The van der Waals surface area contributed by atoms with E-state index in [4.69, 9.17) is 16.9 Å². The molecule has 0 aliphatic heterocycles. The number of carbonyl (C=O) groups is 1. The second kappa shape index (κ2) is 11.0. The van der Waals surface area contributed by atoms with Crippen molar-refractivity contribution in [3.63, 3.8) is 0 Å². The van der Waals surface area contributed by atoms with Gasteiger partial charge in [-0.25, -0.2) is 19.1 Å². The maximum atomic E-state index is 12.9. The molecule has 0 atom stereocenters. The van der Waals surface area contributed by atoms with E-state index in [2.05, 4.69) is 66.8 Å². The minimum Gasteiger partial charge on any atom is -1.00 e. The summed E-state index contributed by atoms with van der Waals surface area (Å²) in [4.78, 5) is 24.5. The van der Waals surface area contributed by atoms with Crippen molar-refractivity contribution in [2.24, 2.45) is 5.73 Å². The number of aryl methyl sites for hydroxylation is 3. The predicted octanol–water partition coefficient (Wildman–Crippen LogP) is -1.83. The molecule has 0 unspecified atom stereocenters. The first-order chi connectivity index (χ1) is 16.4. The average Bonchev–Trinajstić information content (AvgIpc) is 3.39. The van der Waals surface area contributed by atoms with Crippen LogP contribution in [0.15, 0.2) is 30.5 Å². The zero-order chi connectivity index (χ0) is 24.2. The van der Waals surface area contributed by atoms with Crippen LogP contribution in [0, 0.1) is 5.41 Å². The van der Waals surface area contributed by atoms with Gasteiger partial charge in [-0.3, -0.25) is 10.2 Å². The largest absolute Gasteiger partial charge is 1.00 e. The smallest absolute Gasteiger partial charge is 0.277 e. The summed E-state index contributed by atoms with van der Waals surface area (Å²) in [5, 5.41) is 13.1. The lowest BCUT2D eigenvalue weighted by molar-refractivity contribution is -0.676. The monoisotopic (exact) mass is 498 g/mol. The molecule has 3 aromatic heterocycles. The van der Waals surface area contributed by atoms with Crippen LogP contribution in [0.1, 0.15) is 42.1 Å². The van der Waals surface area contributed by atoms with E-state index in [1.54, 1.807) is 12.3 Å². The van der Waals surface area contributed by atoms with Gasteiger partial charge in [0, 0.05) is 12.7 Å². The number of amides is 1. The summed E-state index contributed by atoms with van der Waals surface area (Å²) in [5.74, 6) is 0.725. The van der Waals surface area contributed by atoms with Crippen molar-refractivity contribution in [3.05, 3.63) is 47.5 Å². The average molecular weight is 499 g/mol. The van der Waals surface area contributed by atoms with Crippen molar-refractivity contribution in [2.45, 2.75) is 46.3 Å². The number of carbonyl (C=O) groups excluding carboxylic acids is 1. The highest BCUT2D eigenvalue weighted by atomic mass is 35.5. The highest BCUT2D eigenvalue weighted by Gasteiger charge is 2.25.